The lowest BCUT2D eigenvalue weighted by molar-refractivity contribution is -0.124. The zero-order valence-electron chi connectivity index (χ0n) is 15.0. The van der Waals surface area contributed by atoms with Gasteiger partial charge in [0.25, 0.3) is 0 Å². The quantitative estimate of drug-likeness (QED) is 0.776. The SMILES string of the molecule is COc1ccc([C@@H](CNC(=O)[C@H]2CCS(=O)(=O)C2)N2CCOCC2)cc1. The summed E-state index contributed by atoms with van der Waals surface area (Å²) in [6, 6.07) is 7.85. The maximum absolute atomic E-state index is 12.4. The van der Waals surface area contributed by atoms with Crippen molar-refractivity contribution in [2.24, 2.45) is 5.92 Å². The van der Waals surface area contributed by atoms with Gasteiger partial charge in [-0.2, -0.15) is 0 Å². The van der Waals surface area contributed by atoms with Crippen LogP contribution in [0.3, 0.4) is 0 Å². The number of carbonyl (C=O) groups excluding carboxylic acids is 1. The first-order chi connectivity index (χ1) is 12.5. The van der Waals surface area contributed by atoms with Gasteiger partial charge in [-0.25, -0.2) is 8.42 Å². The van der Waals surface area contributed by atoms with E-state index in [0.717, 1.165) is 24.4 Å². The fraction of sp³-hybridized carbons (Fsp3) is 0.611. The van der Waals surface area contributed by atoms with E-state index in [1.54, 1.807) is 7.11 Å². The van der Waals surface area contributed by atoms with Crippen molar-refractivity contribution in [3.8, 4) is 5.75 Å². The van der Waals surface area contributed by atoms with Crippen LogP contribution in [0.25, 0.3) is 0 Å². The van der Waals surface area contributed by atoms with Gasteiger partial charge in [0.1, 0.15) is 5.75 Å². The van der Waals surface area contributed by atoms with Gasteiger partial charge >= 0.3 is 0 Å². The molecule has 1 N–H and O–H groups in total. The lowest BCUT2D eigenvalue weighted by atomic mass is 10.0. The lowest BCUT2D eigenvalue weighted by Crippen LogP contribution is -2.44. The number of hydrogen-bond donors (Lipinski definition) is 1. The normalized spacial score (nSPS) is 24.1. The summed E-state index contributed by atoms with van der Waals surface area (Å²) in [5, 5.41) is 2.97. The Labute approximate surface area is 154 Å². The number of hydrogen-bond acceptors (Lipinski definition) is 6. The molecule has 2 aliphatic heterocycles. The molecule has 2 heterocycles. The van der Waals surface area contributed by atoms with Crippen LogP contribution in [-0.2, 0) is 19.4 Å². The standard InChI is InChI=1S/C18H26N2O5S/c1-24-16-4-2-14(3-5-16)17(20-7-9-25-10-8-20)12-19-18(21)15-6-11-26(22,23)13-15/h2-5,15,17H,6-13H2,1H3,(H,19,21)/t15-,17+/m0/s1. The average Bonchev–Trinajstić information content (AvgIpc) is 3.03. The molecule has 0 aromatic heterocycles. The van der Waals surface area contributed by atoms with Gasteiger partial charge in [0.2, 0.25) is 5.91 Å². The molecule has 0 unspecified atom stereocenters. The number of sulfone groups is 1. The van der Waals surface area contributed by atoms with Crippen molar-refractivity contribution in [1.29, 1.82) is 0 Å². The topological polar surface area (TPSA) is 84.9 Å². The first-order valence-corrected chi connectivity index (χ1v) is 10.7. The Morgan fingerprint density at radius 1 is 1.31 bits per heavy atom. The Morgan fingerprint density at radius 2 is 2.00 bits per heavy atom. The minimum absolute atomic E-state index is 0.0202. The van der Waals surface area contributed by atoms with Crippen molar-refractivity contribution < 1.29 is 22.7 Å². The van der Waals surface area contributed by atoms with E-state index in [4.69, 9.17) is 9.47 Å². The Balaban J connectivity index is 1.67. The number of nitrogens with zero attached hydrogens (tertiary/aromatic N) is 1. The maximum Gasteiger partial charge on any atom is 0.224 e. The fourth-order valence-corrected chi connectivity index (χ4v) is 5.26. The van der Waals surface area contributed by atoms with Gasteiger partial charge in [-0.15, -0.1) is 0 Å². The average molecular weight is 382 g/mol. The van der Waals surface area contributed by atoms with Gasteiger partial charge in [0.15, 0.2) is 9.84 Å². The summed E-state index contributed by atoms with van der Waals surface area (Å²) in [6.45, 7) is 3.37. The molecule has 7 nitrogen and oxygen atoms in total. The fourth-order valence-electron chi connectivity index (χ4n) is 3.52. The zero-order valence-corrected chi connectivity index (χ0v) is 15.8. The Bertz CT molecular complexity index is 714. The molecule has 8 heteroatoms. The Kier molecular flexibility index (Phi) is 6.16. The highest BCUT2D eigenvalue weighted by Gasteiger charge is 2.33. The van der Waals surface area contributed by atoms with Gasteiger partial charge < -0.3 is 14.8 Å². The second-order valence-corrected chi connectivity index (χ2v) is 9.01. The zero-order chi connectivity index (χ0) is 18.6. The minimum atomic E-state index is -3.06. The largest absolute Gasteiger partial charge is 0.497 e. The molecule has 1 amide bonds. The molecule has 2 saturated heterocycles. The smallest absolute Gasteiger partial charge is 0.224 e. The number of ether oxygens (including phenoxy) is 2. The van der Waals surface area contributed by atoms with Crippen molar-refractivity contribution in [3.05, 3.63) is 29.8 Å². The summed E-state index contributed by atoms with van der Waals surface area (Å²) in [5.74, 6) is 0.258. The lowest BCUT2D eigenvalue weighted by Gasteiger charge is -2.35. The van der Waals surface area contributed by atoms with Crippen molar-refractivity contribution in [2.45, 2.75) is 12.5 Å². The monoisotopic (exact) mass is 382 g/mol. The molecule has 0 aliphatic carbocycles. The predicted molar refractivity (Wildman–Crippen MR) is 97.9 cm³/mol. The van der Waals surface area contributed by atoms with E-state index in [0.29, 0.717) is 26.2 Å². The summed E-state index contributed by atoms with van der Waals surface area (Å²) < 4.78 is 33.9. The minimum Gasteiger partial charge on any atom is -0.497 e. The van der Waals surface area contributed by atoms with Gasteiger partial charge in [-0.1, -0.05) is 12.1 Å². The number of morpholine rings is 1. The van der Waals surface area contributed by atoms with Crippen LogP contribution >= 0.6 is 0 Å². The molecule has 2 atom stereocenters. The van der Waals surface area contributed by atoms with E-state index < -0.39 is 15.8 Å². The van der Waals surface area contributed by atoms with Crippen molar-refractivity contribution in [3.63, 3.8) is 0 Å². The molecule has 0 saturated carbocycles. The third kappa shape index (κ3) is 4.75. The van der Waals surface area contributed by atoms with Gasteiger partial charge in [-0.05, 0) is 24.1 Å². The van der Waals surface area contributed by atoms with Gasteiger partial charge in [-0.3, -0.25) is 9.69 Å². The summed E-state index contributed by atoms with van der Waals surface area (Å²) in [6.07, 6.45) is 0.416. The van der Waals surface area contributed by atoms with Crippen molar-refractivity contribution in [1.82, 2.24) is 10.2 Å². The highest BCUT2D eigenvalue weighted by molar-refractivity contribution is 7.91. The third-order valence-electron chi connectivity index (χ3n) is 5.06. The van der Waals surface area contributed by atoms with E-state index in [2.05, 4.69) is 10.2 Å². The molecule has 0 bridgehead atoms. The molecule has 1 aromatic rings. The van der Waals surface area contributed by atoms with Crippen LogP contribution in [0.1, 0.15) is 18.0 Å². The molecule has 3 rings (SSSR count). The molecule has 0 spiro atoms. The van der Waals surface area contributed by atoms with Crippen LogP contribution in [0, 0.1) is 5.92 Å². The van der Waals surface area contributed by atoms with Crippen LogP contribution in [0.15, 0.2) is 24.3 Å². The maximum atomic E-state index is 12.4. The van der Waals surface area contributed by atoms with Crippen LogP contribution in [0.2, 0.25) is 0 Å². The number of carbonyl (C=O) groups is 1. The van der Waals surface area contributed by atoms with Crippen molar-refractivity contribution >= 4 is 15.7 Å². The van der Waals surface area contributed by atoms with Crippen molar-refractivity contribution in [2.75, 3.05) is 51.5 Å². The predicted octanol–water partition coefficient (Wildman–Crippen LogP) is 0.619. The summed E-state index contributed by atoms with van der Waals surface area (Å²) in [4.78, 5) is 14.7. The molecule has 26 heavy (non-hydrogen) atoms. The van der Waals surface area contributed by atoms with E-state index in [1.807, 2.05) is 24.3 Å². The Morgan fingerprint density at radius 3 is 2.58 bits per heavy atom. The van der Waals surface area contributed by atoms with E-state index in [9.17, 15) is 13.2 Å². The molecule has 1 aromatic carbocycles. The summed E-state index contributed by atoms with van der Waals surface area (Å²) >= 11 is 0. The molecule has 2 aliphatic rings. The molecular formula is C18H26N2O5S. The van der Waals surface area contributed by atoms with Crippen LogP contribution in [0.4, 0.5) is 0 Å². The van der Waals surface area contributed by atoms with Gasteiger partial charge in [0.05, 0.1) is 43.8 Å². The van der Waals surface area contributed by atoms with E-state index in [1.165, 1.54) is 0 Å². The second kappa shape index (κ2) is 8.37. The Hall–Kier alpha value is -1.64. The van der Waals surface area contributed by atoms with Crippen LogP contribution < -0.4 is 10.1 Å². The van der Waals surface area contributed by atoms with E-state index in [-0.39, 0.29) is 23.5 Å². The summed E-state index contributed by atoms with van der Waals surface area (Å²) in [5.41, 5.74) is 1.09. The number of amides is 1. The first-order valence-electron chi connectivity index (χ1n) is 8.92. The van der Waals surface area contributed by atoms with Crippen LogP contribution in [0.5, 0.6) is 5.75 Å². The highest BCUT2D eigenvalue weighted by atomic mass is 32.2. The van der Waals surface area contributed by atoms with Crippen LogP contribution in [-0.4, -0.2) is 70.7 Å². The van der Waals surface area contributed by atoms with Gasteiger partial charge in [0, 0.05) is 19.6 Å². The molecule has 0 radical (unpaired) electrons. The second-order valence-electron chi connectivity index (χ2n) is 6.78. The molecule has 144 valence electrons. The van der Waals surface area contributed by atoms with E-state index >= 15 is 0 Å². The molecular weight excluding hydrogens is 356 g/mol. The summed E-state index contributed by atoms with van der Waals surface area (Å²) in [7, 11) is -1.43. The number of nitrogens with one attached hydrogen (secondary N) is 1. The third-order valence-corrected chi connectivity index (χ3v) is 6.83. The highest BCUT2D eigenvalue weighted by Crippen LogP contribution is 2.24. The number of benzene rings is 1. The molecule has 2 fully saturated rings. The number of methoxy groups -OCH3 is 1. The first kappa shape index (κ1) is 19.1. The number of rotatable bonds is 6.